The summed E-state index contributed by atoms with van der Waals surface area (Å²) in [5, 5.41) is 10.8. The molecule has 3 fully saturated rings. The van der Waals surface area contributed by atoms with Gasteiger partial charge >= 0.3 is 0 Å². The van der Waals surface area contributed by atoms with Gasteiger partial charge in [-0.25, -0.2) is 5.84 Å². The summed E-state index contributed by atoms with van der Waals surface area (Å²) in [6.07, 6.45) is 9.35. The van der Waals surface area contributed by atoms with Gasteiger partial charge in [0, 0.05) is 71.7 Å². The molecule has 275 valence electrons. The summed E-state index contributed by atoms with van der Waals surface area (Å²) in [4.78, 5) is 65.0. The van der Waals surface area contributed by atoms with Crippen LogP contribution in [0.4, 0.5) is 0 Å². The second-order valence-corrected chi connectivity index (χ2v) is 13.5. The fourth-order valence-electron chi connectivity index (χ4n) is 5.07. The minimum Gasteiger partial charge on any atom is -0.665 e. The number of likely N-dealkylation sites (tertiary alicyclic amines) is 2. The SMILES string of the molecule is CC.CC1CCC(CN2C(=O)CC(SCC([NH-])C(=O)O)C2=O)CC1.CPC.NNOC1CCN(C(=O)CCCCCNC=O)C1.[B]C.[Y]. The Hall–Kier alpha value is -0.661. The zero-order valence-corrected chi connectivity index (χ0v) is 34.7. The number of hydrazine groups is 1. The smallest absolute Gasteiger partial charge is 0.286 e. The summed E-state index contributed by atoms with van der Waals surface area (Å²) in [5.74, 6) is 4.84. The Balaban J connectivity index is -0.000000708. The number of carbonyl (C=O) groups is 5. The molecule has 3 atom stereocenters. The number of nitrogens with two attached hydrogens (primary N) is 1. The number of nitrogens with one attached hydrogen (secondary N) is 3. The Labute approximate surface area is 321 Å². The number of carboxylic acid groups (broad SMARTS) is 1. The molecule has 0 aromatic rings. The van der Waals surface area contributed by atoms with Crippen LogP contribution in [0.5, 0.6) is 0 Å². The number of carbonyl (C=O) groups excluding carboxylic acids is 4. The van der Waals surface area contributed by atoms with Crippen molar-refractivity contribution in [2.75, 3.05) is 45.3 Å². The van der Waals surface area contributed by atoms with E-state index in [9.17, 15) is 24.0 Å². The van der Waals surface area contributed by atoms with Gasteiger partial charge in [0.05, 0.1) is 19.2 Å². The monoisotopic (exact) mass is 792 g/mol. The van der Waals surface area contributed by atoms with Crippen LogP contribution in [0.3, 0.4) is 0 Å². The second-order valence-electron chi connectivity index (χ2n) is 11.3. The number of imide groups is 1. The molecular formula is C31H61BN6O7PSY-. The fourth-order valence-corrected chi connectivity index (χ4v) is 6.17. The molecular weight excluding hydrogens is 731 g/mol. The van der Waals surface area contributed by atoms with Crippen LogP contribution in [0.1, 0.15) is 85.0 Å². The Kier molecular flexibility index (Phi) is 36.1. The van der Waals surface area contributed by atoms with E-state index < -0.39 is 17.3 Å². The molecule has 6 N–H and O–H groups in total. The average molecular weight is 793 g/mol. The third kappa shape index (κ3) is 22.9. The molecule has 3 radical (unpaired) electrons. The molecule has 3 rings (SSSR count). The number of unbranched alkanes of at least 4 members (excludes halogenated alkanes) is 2. The van der Waals surface area contributed by atoms with Crippen LogP contribution in [-0.4, -0.2) is 116 Å². The van der Waals surface area contributed by atoms with E-state index in [0.29, 0.717) is 38.4 Å². The van der Waals surface area contributed by atoms with E-state index in [4.69, 9.17) is 21.5 Å². The van der Waals surface area contributed by atoms with Gasteiger partial charge in [-0.3, -0.25) is 33.7 Å². The van der Waals surface area contributed by atoms with Crippen molar-refractivity contribution < 1.29 is 66.6 Å². The first-order valence-electron chi connectivity index (χ1n) is 16.7. The van der Waals surface area contributed by atoms with Gasteiger partial charge in [-0.05, 0) is 69.1 Å². The van der Waals surface area contributed by atoms with Crippen LogP contribution < -0.4 is 16.7 Å². The molecule has 2 saturated heterocycles. The van der Waals surface area contributed by atoms with Crippen molar-refractivity contribution >= 4 is 58.3 Å². The number of hydrogen-bond donors (Lipinski definition) is 4. The van der Waals surface area contributed by atoms with Gasteiger partial charge < -0.3 is 21.1 Å². The Morgan fingerprint density at radius 1 is 1.15 bits per heavy atom. The van der Waals surface area contributed by atoms with Gasteiger partial charge in [-0.1, -0.05) is 46.9 Å². The first-order valence-corrected chi connectivity index (χ1v) is 19.7. The van der Waals surface area contributed by atoms with Crippen LogP contribution in [0.25, 0.3) is 5.73 Å². The van der Waals surface area contributed by atoms with Crippen molar-refractivity contribution in [1.29, 1.82) is 0 Å². The van der Waals surface area contributed by atoms with E-state index >= 15 is 0 Å². The summed E-state index contributed by atoms with van der Waals surface area (Å²) in [6, 6.07) is -1.25. The summed E-state index contributed by atoms with van der Waals surface area (Å²) in [5.41, 5.74) is 9.52. The van der Waals surface area contributed by atoms with Crippen molar-refractivity contribution in [2.24, 2.45) is 17.7 Å². The van der Waals surface area contributed by atoms with Gasteiger partial charge in [-0.2, -0.15) is 0 Å². The topological polar surface area (TPSA) is 195 Å². The fraction of sp³-hybridized carbons (Fsp3) is 0.839. The maximum atomic E-state index is 12.3. The Bertz CT molecular complexity index is 881. The quantitative estimate of drug-likeness (QED) is 0.0362. The van der Waals surface area contributed by atoms with E-state index in [0.717, 1.165) is 84.2 Å². The zero-order valence-electron chi connectivity index (χ0n) is 30.0. The third-order valence-electron chi connectivity index (χ3n) is 7.57. The van der Waals surface area contributed by atoms with Gasteiger partial charge in [0.15, 0.2) is 0 Å². The van der Waals surface area contributed by atoms with E-state index in [-0.39, 0.29) is 68.7 Å². The number of nitrogens with zero attached hydrogens (tertiary/aromatic N) is 2. The summed E-state index contributed by atoms with van der Waals surface area (Å²) >= 11 is 1.12. The molecule has 0 spiro atoms. The molecule has 13 nitrogen and oxygen atoms in total. The van der Waals surface area contributed by atoms with Crippen LogP contribution >= 0.6 is 20.3 Å². The zero-order chi connectivity index (χ0) is 36.2. The molecule has 0 bridgehead atoms. The number of carboxylic acids is 1. The molecule has 2 aliphatic heterocycles. The van der Waals surface area contributed by atoms with Crippen molar-refractivity contribution in [3.63, 3.8) is 0 Å². The van der Waals surface area contributed by atoms with Crippen LogP contribution in [0.15, 0.2) is 0 Å². The van der Waals surface area contributed by atoms with Gasteiger partial charge in [0.1, 0.15) is 0 Å². The summed E-state index contributed by atoms with van der Waals surface area (Å²) in [7, 11) is 5.58. The summed E-state index contributed by atoms with van der Waals surface area (Å²) < 4.78 is 0. The van der Waals surface area contributed by atoms with E-state index in [1.807, 2.05) is 18.7 Å². The molecule has 1 saturated carbocycles. The maximum Gasteiger partial charge on any atom is 0.286 e. The summed E-state index contributed by atoms with van der Waals surface area (Å²) in [6.45, 7) is 14.6. The van der Waals surface area contributed by atoms with E-state index in [2.05, 4.69) is 39.0 Å². The minimum absolute atomic E-state index is 0. The number of hydrogen-bond acceptors (Lipinski definition) is 9. The molecule has 0 aromatic heterocycles. The average Bonchev–Trinajstić information content (AvgIpc) is 3.65. The number of amides is 4. The second kappa shape index (κ2) is 33.5. The number of aliphatic carboxylic acids is 1. The maximum absolute atomic E-state index is 12.3. The number of rotatable bonds is 15. The van der Waals surface area contributed by atoms with Gasteiger partial charge in [0.25, 0.3) is 5.97 Å². The molecule has 2 heterocycles. The molecule has 1 aliphatic carbocycles. The first-order chi connectivity index (χ1) is 22.6. The first kappa shape index (κ1) is 51.7. The largest absolute Gasteiger partial charge is 0.665 e. The van der Waals surface area contributed by atoms with Crippen LogP contribution in [-0.2, 0) is 61.5 Å². The van der Waals surface area contributed by atoms with E-state index in [1.54, 1.807) is 0 Å². The van der Waals surface area contributed by atoms with Crippen molar-refractivity contribution in [3.05, 3.63) is 5.73 Å². The Morgan fingerprint density at radius 3 is 2.29 bits per heavy atom. The van der Waals surface area contributed by atoms with Crippen molar-refractivity contribution in [1.82, 2.24) is 20.7 Å². The van der Waals surface area contributed by atoms with E-state index in [1.165, 1.54) is 11.7 Å². The van der Waals surface area contributed by atoms with Crippen molar-refractivity contribution in [3.8, 4) is 0 Å². The number of thioether (sulfide) groups is 1. The van der Waals surface area contributed by atoms with Gasteiger partial charge in [-0.15, -0.1) is 25.9 Å². The third-order valence-corrected chi connectivity index (χ3v) is 8.86. The molecule has 3 unspecified atom stereocenters. The van der Waals surface area contributed by atoms with Gasteiger partial charge in [0.2, 0.25) is 24.1 Å². The molecule has 17 heteroatoms. The Morgan fingerprint density at radius 2 is 1.75 bits per heavy atom. The predicted octanol–water partition coefficient (Wildman–Crippen LogP) is 3.62. The minimum atomic E-state index is -1.25. The van der Waals surface area contributed by atoms with Crippen LogP contribution in [0, 0.1) is 11.8 Å². The molecule has 3 aliphatic rings. The predicted molar refractivity (Wildman–Crippen MR) is 194 cm³/mol. The molecule has 0 aromatic carbocycles. The normalized spacial score (nSPS) is 21.8. The molecule has 48 heavy (non-hydrogen) atoms. The molecule has 4 amide bonds. The van der Waals surface area contributed by atoms with Crippen molar-refractivity contribution in [2.45, 2.75) is 109 Å². The standard InChI is InChI=1S/C15H23N2O4S.C11H22N4O3.C2H7P.C2H6.CH3B.Y/c1-9-2-4-10(5-3-9)7-17-13(18)6-12(14(17)19)22-8-11(16)15(20)21;12-14-18-10-5-7-15(8-10)11(17)4-2-1-3-6-13-9-16;1-3-2;2*1-2;/h9-12,16H,2-8H2,1H3,(H,20,21);9-10,14H,1-8,12H2,(H,13,16);3H,1-2H3;1-2H3;1H3;/q-1;;;;;. The van der Waals surface area contributed by atoms with Crippen LogP contribution in [0.2, 0.25) is 6.82 Å².